The fourth-order valence-corrected chi connectivity index (χ4v) is 2.95. The number of carbonyl (C=O) groups excluding carboxylic acids is 2. The molecule has 1 aliphatic carbocycles. The molecular weight excluding hydrogens is 368 g/mol. The second-order valence-electron chi connectivity index (χ2n) is 5.86. The Hall–Kier alpha value is -2.55. The first kappa shape index (κ1) is 18.2. The number of likely N-dealkylation sites (N-methyl/N-ethyl adjacent to an activating group) is 1. The number of hydrogen-bond donors (Lipinski definition) is 1. The molecule has 2 heterocycles. The molecule has 7 nitrogen and oxygen atoms in total. The number of halogens is 3. The summed E-state index contributed by atoms with van der Waals surface area (Å²) in [6.07, 6.45) is 1.67. The number of rotatable bonds is 4. The summed E-state index contributed by atoms with van der Waals surface area (Å²) in [5.74, 6) is -0.239. The minimum Gasteiger partial charge on any atom is -0.350 e. The van der Waals surface area contributed by atoms with E-state index in [2.05, 4.69) is 15.3 Å². The number of urea groups is 1. The van der Waals surface area contributed by atoms with Gasteiger partial charge in [0, 0.05) is 26.0 Å². The van der Waals surface area contributed by atoms with Gasteiger partial charge < -0.3 is 10.2 Å². The van der Waals surface area contributed by atoms with E-state index in [1.807, 2.05) is 0 Å². The van der Waals surface area contributed by atoms with Gasteiger partial charge in [0.05, 0.1) is 11.6 Å². The van der Waals surface area contributed by atoms with Crippen LogP contribution in [-0.4, -0.2) is 65.3 Å². The zero-order valence-corrected chi connectivity index (χ0v) is 14.5. The molecule has 3 atom stereocenters. The molecule has 1 aliphatic heterocycles. The Bertz CT molecular complexity index is 773. The topological polar surface area (TPSA) is 78.4 Å². The van der Waals surface area contributed by atoms with Crippen LogP contribution in [0.3, 0.4) is 0 Å². The average Bonchev–Trinajstić information content (AvgIpc) is 2.95. The lowest BCUT2D eigenvalue weighted by Gasteiger charge is -2.20. The van der Waals surface area contributed by atoms with E-state index in [1.165, 1.54) is 35.3 Å². The summed E-state index contributed by atoms with van der Waals surface area (Å²) in [4.78, 5) is 35.3. The van der Waals surface area contributed by atoms with Gasteiger partial charge in [-0.25, -0.2) is 23.5 Å². The maximum absolute atomic E-state index is 13.6. The van der Waals surface area contributed by atoms with E-state index in [9.17, 15) is 18.4 Å². The molecule has 0 radical (unpaired) electrons. The molecule has 1 N–H and O–H groups in total. The molecule has 138 valence electrons. The molecule has 3 amide bonds. The van der Waals surface area contributed by atoms with Gasteiger partial charge in [-0.2, -0.15) is 0 Å². The maximum atomic E-state index is 13.6. The van der Waals surface area contributed by atoms with Gasteiger partial charge in [-0.3, -0.25) is 9.69 Å². The Labute approximate surface area is 153 Å². The number of hydrogen-bond acceptors (Lipinski definition) is 4. The van der Waals surface area contributed by atoms with Crippen LogP contribution in [0.15, 0.2) is 41.2 Å². The summed E-state index contributed by atoms with van der Waals surface area (Å²) in [5.41, 5.74) is 0.289. The fraction of sp³-hybridized carbons (Fsp3) is 0.375. The Kier molecular flexibility index (Phi) is 5.17. The third-order valence-corrected chi connectivity index (χ3v) is 4.67. The van der Waals surface area contributed by atoms with E-state index in [4.69, 9.17) is 11.6 Å². The van der Waals surface area contributed by atoms with E-state index in [1.54, 1.807) is 6.07 Å². The molecule has 3 unspecified atom stereocenters. The lowest BCUT2D eigenvalue weighted by atomic mass is 10.0. The molecule has 0 bridgehead atoms. The number of alkyl halides is 2. The molecule has 26 heavy (non-hydrogen) atoms. The van der Waals surface area contributed by atoms with Crippen molar-refractivity contribution < 1.29 is 18.4 Å². The number of aromatic nitrogens is 2. The quantitative estimate of drug-likeness (QED) is 0.856. The number of anilines is 1. The van der Waals surface area contributed by atoms with Crippen molar-refractivity contribution >= 4 is 29.5 Å². The Morgan fingerprint density at radius 2 is 2.08 bits per heavy atom. The minimum atomic E-state index is -1.94. The number of amides is 3. The Morgan fingerprint density at radius 3 is 2.77 bits per heavy atom. The minimum absolute atomic E-state index is 0.0678. The maximum Gasteiger partial charge on any atom is 0.327 e. The highest BCUT2D eigenvalue weighted by Crippen LogP contribution is 2.27. The summed E-state index contributed by atoms with van der Waals surface area (Å²) >= 11 is 5.80. The number of nitrogens with zero attached hydrogens (tertiary/aromatic N) is 4. The third kappa shape index (κ3) is 3.39. The van der Waals surface area contributed by atoms with Crippen molar-refractivity contribution in [1.82, 2.24) is 20.2 Å². The smallest absolute Gasteiger partial charge is 0.327 e. The van der Waals surface area contributed by atoms with Crippen molar-refractivity contribution in [2.24, 2.45) is 0 Å². The van der Waals surface area contributed by atoms with Crippen molar-refractivity contribution in [2.75, 3.05) is 25.0 Å². The van der Waals surface area contributed by atoms with Gasteiger partial charge in [0.2, 0.25) is 11.9 Å². The third-order valence-electron chi connectivity index (χ3n) is 4.21. The molecule has 2 aliphatic rings. The monoisotopic (exact) mass is 383 g/mol. The predicted molar refractivity (Wildman–Crippen MR) is 91.1 cm³/mol. The summed E-state index contributed by atoms with van der Waals surface area (Å²) in [7, 11) is 1.49. The Morgan fingerprint density at radius 1 is 1.38 bits per heavy atom. The number of allylic oxidation sites excluding steroid dienone is 2. The summed E-state index contributed by atoms with van der Waals surface area (Å²) in [6, 6.07) is 0.441. The molecule has 1 fully saturated rings. The lowest BCUT2D eigenvalue weighted by Crippen LogP contribution is -2.44. The first-order valence-electron chi connectivity index (χ1n) is 7.84. The van der Waals surface area contributed by atoms with Crippen LogP contribution < -0.4 is 10.2 Å². The van der Waals surface area contributed by atoms with Crippen LogP contribution in [0.1, 0.15) is 0 Å². The van der Waals surface area contributed by atoms with Crippen LogP contribution in [0.5, 0.6) is 0 Å². The fourth-order valence-electron chi connectivity index (χ4n) is 2.70. The van der Waals surface area contributed by atoms with Gasteiger partial charge in [0.1, 0.15) is 6.04 Å². The summed E-state index contributed by atoms with van der Waals surface area (Å²) in [6.45, 7) is 0.00770. The standard InChI is InChI=1S/C16H16ClF2N5O2/c1-23-11(8-24(16(23)26)15-20-5-2-6-21-15)14(25)22-7-9-3-4-10(18)13(19)12(9)17/h2-6,10-11,13H,7-8H2,1H3,(H,22,25). The van der Waals surface area contributed by atoms with Gasteiger partial charge in [-0.1, -0.05) is 17.7 Å². The van der Waals surface area contributed by atoms with Crippen molar-refractivity contribution in [3.63, 3.8) is 0 Å². The molecule has 0 saturated carbocycles. The lowest BCUT2D eigenvalue weighted by molar-refractivity contribution is -0.124. The van der Waals surface area contributed by atoms with Crippen LogP contribution in [0.25, 0.3) is 0 Å². The van der Waals surface area contributed by atoms with Gasteiger partial charge in [-0.15, -0.1) is 0 Å². The summed E-state index contributed by atoms with van der Waals surface area (Å²) < 4.78 is 26.8. The molecule has 1 aromatic rings. The highest BCUT2D eigenvalue weighted by molar-refractivity contribution is 6.31. The van der Waals surface area contributed by atoms with E-state index >= 15 is 0 Å². The van der Waals surface area contributed by atoms with Crippen molar-refractivity contribution in [3.8, 4) is 0 Å². The van der Waals surface area contributed by atoms with Crippen LogP contribution in [0.2, 0.25) is 0 Å². The van der Waals surface area contributed by atoms with E-state index < -0.39 is 30.3 Å². The molecule has 0 aromatic carbocycles. The highest BCUT2D eigenvalue weighted by Gasteiger charge is 2.41. The molecule has 3 rings (SSSR count). The van der Waals surface area contributed by atoms with Gasteiger partial charge in [0.15, 0.2) is 12.3 Å². The normalized spacial score (nSPS) is 25.8. The molecular formula is C16H16ClF2N5O2. The van der Waals surface area contributed by atoms with Crippen molar-refractivity contribution in [1.29, 1.82) is 0 Å². The zero-order valence-electron chi connectivity index (χ0n) is 13.8. The molecule has 0 spiro atoms. The Balaban J connectivity index is 1.65. The SMILES string of the molecule is CN1C(=O)N(c2ncccn2)CC1C(=O)NCC1=C(Cl)C(F)C(F)C=C1. The molecule has 1 aromatic heterocycles. The van der Waals surface area contributed by atoms with Gasteiger partial charge >= 0.3 is 6.03 Å². The first-order valence-corrected chi connectivity index (χ1v) is 8.22. The van der Waals surface area contributed by atoms with Crippen molar-refractivity contribution in [2.45, 2.75) is 18.4 Å². The van der Waals surface area contributed by atoms with Gasteiger partial charge in [0.25, 0.3) is 0 Å². The van der Waals surface area contributed by atoms with E-state index in [-0.39, 0.29) is 29.6 Å². The summed E-state index contributed by atoms with van der Waals surface area (Å²) in [5, 5.41) is 2.33. The zero-order chi connectivity index (χ0) is 18.8. The van der Waals surface area contributed by atoms with Crippen molar-refractivity contribution in [3.05, 3.63) is 41.2 Å². The van der Waals surface area contributed by atoms with E-state index in [0.29, 0.717) is 0 Å². The second kappa shape index (κ2) is 7.36. The number of carbonyl (C=O) groups is 2. The highest BCUT2D eigenvalue weighted by atomic mass is 35.5. The second-order valence-corrected chi connectivity index (χ2v) is 6.27. The molecule has 1 saturated heterocycles. The molecule has 10 heteroatoms. The predicted octanol–water partition coefficient (Wildman–Crippen LogP) is 1.57. The van der Waals surface area contributed by atoms with Crippen LogP contribution in [-0.2, 0) is 4.79 Å². The first-order chi connectivity index (χ1) is 12.4. The van der Waals surface area contributed by atoms with Crippen LogP contribution in [0.4, 0.5) is 19.5 Å². The average molecular weight is 384 g/mol. The van der Waals surface area contributed by atoms with Crippen LogP contribution >= 0.6 is 11.6 Å². The number of nitrogens with one attached hydrogen (secondary N) is 1. The van der Waals surface area contributed by atoms with E-state index in [0.717, 1.165) is 6.08 Å². The van der Waals surface area contributed by atoms with Crippen LogP contribution in [0, 0.1) is 0 Å². The van der Waals surface area contributed by atoms with Gasteiger partial charge in [-0.05, 0) is 17.7 Å². The largest absolute Gasteiger partial charge is 0.350 e.